The zero-order chi connectivity index (χ0) is 19.9. The molecule has 0 bridgehead atoms. The van der Waals surface area contributed by atoms with Crippen LogP contribution in [0, 0.1) is 12.7 Å². The highest BCUT2D eigenvalue weighted by Gasteiger charge is 2.52. The Hall–Kier alpha value is -1.80. The molecule has 0 N–H and O–H groups in total. The minimum atomic E-state index is -0.599. The van der Waals surface area contributed by atoms with Crippen molar-refractivity contribution in [2.75, 3.05) is 26.3 Å². The fraction of sp³-hybridized carbons (Fsp3) is 0.611. The van der Waals surface area contributed by atoms with Crippen LogP contribution in [0.15, 0.2) is 11.2 Å². The number of hydrazone groups is 1. The van der Waals surface area contributed by atoms with Crippen molar-refractivity contribution in [3.05, 3.63) is 17.4 Å². The second-order valence-corrected chi connectivity index (χ2v) is 7.42. The van der Waals surface area contributed by atoms with E-state index >= 15 is 0 Å². The number of hydrogen-bond donors (Lipinski definition) is 0. The maximum absolute atomic E-state index is 14.8. The summed E-state index contributed by atoms with van der Waals surface area (Å²) in [7, 11) is 4.01. The summed E-state index contributed by atoms with van der Waals surface area (Å²) < 4.78 is 37.2. The molecule has 1 heterocycles. The number of rotatable bonds is 5. The van der Waals surface area contributed by atoms with Gasteiger partial charge in [0, 0.05) is 18.7 Å². The van der Waals surface area contributed by atoms with Gasteiger partial charge >= 0.3 is 7.12 Å². The second-order valence-electron chi connectivity index (χ2n) is 7.42. The molecule has 1 aromatic carbocycles. The van der Waals surface area contributed by atoms with Gasteiger partial charge in [-0.1, -0.05) is 0 Å². The predicted molar refractivity (Wildman–Crippen MR) is 102 cm³/mol. The zero-order valence-corrected chi connectivity index (χ0v) is 17.1. The van der Waals surface area contributed by atoms with E-state index in [4.69, 9.17) is 18.8 Å². The first-order valence-electron chi connectivity index (χ1n) is 8.50. The summed E-state index contributed by atoms with van der Waals surface area (Å²) in [6.07, 6.45) is 0. The van der Waals surface area contributed by atoms with Crippen LogP contribution in [0.5, 0.6) is 11.5 Å². The molecule has 144 valence electrons. The second kappa shape index (κ2) is 7.08. The third kappa shape index (κ3) is 3.53. The van der Waals surface area contributed by atoms with Crippen LogP contribution >= 0.6 is 0 Å². The van der Waals surface area contributed by atoms with Gasteiger partial charge in [-0.15, -0.1) is 0 Å². The fourth-order valence-electron chi connectivity index (χ4n) is 2.78. The zero-order valence-electron chi connectivity index (χ0n) is 17.1. The lowest BCUT2D eigenvalue weighted by Crippen LogP contribution is -2.41. The van der Waals surface area contributed by atoms with Gasteiger partial charge in [0.25, 0.3) is 0 Å². The van der Waals surface area contributed by atoms with Gasteiger partial charge in [-0.2, -0.15) is 5.10 Å². The molecule has 0 saturated carbocycles. The van der Waals surface area contributed by atoms with Gasteiger partial charge in [0.2, 0.25) is 0 Å². The Morgan fingerprint density at radius 2 is 1.62 bits per heavy atom. The van der Waals surface area contributed by atoms with Crippen LogP contribution in [0.4, 0.5) is 10.1 Å². The number of hydrogen-bond acceptors (Lipinski definition) is 6. The smallest absolute Gasteiger partial charge is 0.496 e. The molecule has 1 aliphatic rings. The number of anilines is 1. The molecule has 2 rings (SSSR count). The van der Waals surface area contributed by atoms with Crippen LogP contribution in [0.25, 0.3) is 0 Å². The van der Waals surface area contributed by atoms with E-state index in [0.717, 1.165) is 0 Å². The summed E-state index contributed by atoms with van der Waals surface area (Å²) in [4.78, 5) is 0. The fourth-order valence-corrected chi connectivity index (χ4v) is 2.78. The van der Waals surface area contributed by atoms with Gasteiger partial charge in [0.05, 0.1) is 31.0 Å². The minimum Gasteiger partial charge on any atom is -0.496 e. The van der Waals surface area contributed by atoms with Crippen molar-refractivity contribution < 1.29 is 23.2 Å². The minimum absolute atomic E-state index is 0.0952. The SMILES string of the molecule is COc1cc(OC)c(F)c(N(C)/N=C(\C)B2OC(C)(C)C(C)(C)O2)c1C. The predicted octanol–water partition coefficient (Wildman–Crippen LogP) is 3.59. The van der Waals surface area contributed by atoms with Crippen molar-refractivity contribution in [1.82, 2.24) is 0 Å². The van der Waals surface area contributed by atoms with E-state index in [1.54, 1.807) is 20.9 Å². The summed E-state index contributed by atoms with van der Waals surface area (Å²) in [6, 6.07) is 1.52. The summed E-state index contributed by atoms with van der Waals surface area (Å²) in [6.45, 7) is 11.5. The molecule has 0 atom stereocenters. The van der Waals surface area contributed by atoms with Gasteiger partial charge in [-0.05, 0) is 41.5 Å². The highest BCUT2D eigenvalue weighted by atomic mass is 19.1. The van der Waals surface area contributed by atoms with Gasteiger partial charge in [-0.3, -0.25) is 5.01 Å². The van der Waals surface area contributed by atoms with Gasteiger partial charge < -0.3 is 18.8 Å². The van der Waals surface area contributed by atoms with Gasteiger partial charge in [-0.25, -0.2) is 4.39 Å². The van der Waals surface area contributed by atoms with Crippen LogP contribution < -0.4 is 14.5 Å². The van der Waals surface area contributed by atoms with Crippen LogP contribution in [0.2, 0.25) is 0 Å². The van der Waals surface area contributed by atoms with Crippen molar-refractivity contribution in [1.29, 1.82) is 0 Å². The molecule has 0 radical (unpaired) electrons. The molecular formula is C18H28BFN2O4. The Balaban J connectivity index is 2.38. The van der Waals surface area contributed by atoms with Crippen molar-refractivity contribution in [3.63, 3.8) is 0 Å². The van der Waals surface area contributed by atoms with E-state index in [9.17, 15) is 4.39 Å². The monoisotopic (exact) mass is 366 g/mol. The number of halogens is 1. The molecule has 0 aromatic heterocycles. The van der Waals surface area contributed by atoms with E-state index in [2.05, 4.69) is 5.10 Å². The number of methoxy groups -OCH3 is 2. The number of nitrogens with zero attached hydrogens (tertiary/aromatic N) is 2. The molecule has 0 aliphatic carbocycles. The first-order chi connectivity index (χ1) is 11.9. The lowest BCUT2D eigenvalue weighted by atomic mass is 9.83. The maximum Gasteiger partial charge on any atom is 0.511 e. The Morgan fingerprint density at radius 3 is 2.08 bits per heavy atom. The quantitative estimate of drug-likeness (QED) is 0.453. The molecule has 1 saturated heterocycles. The Kier molecular flexibility index (Phi) is 5.59. The summed E-state index contributed by atoms with van der Waals surface area (Å²) in [5, 5.41) is 5.94. The maximum atomic E-state index is 14.8. The Bertz CT molecular complexity index is 677. The van der Waals surface area contributed by atoms with E-state index in [0.29, 0.717) is 16.9 Å². The lowest BCUT2D eigenvalue weighted by molar-refractivity contribution is 0.00578. The first-order valence-corrected chi connectivity index (χ1v) is 8.50. The standard InChI is InChI=1S/C18H28BFN2O4/c1-11-13(23-8)10-14(24-9)15(20)16(11)22(7)21-12(2)19-25-17(3,4)18(5,6)26-19/h10H,1-9H3/b21-12+. The van der Waals surface area contributed by atoms with Crippen molar-refractivity contribution in [2.45, 2.75) is 52.7 Å². The van der Waals surface area contributed by atoms with Crippen LogP contribution in [-0.2, 0) is 9.31 Å². The molecule has 0 unspecified atom stereocenters. The molecule has 8 heteroatoms. The average Bonchev–Trinajstić information content (AvgIpc) is 2.76. The summed E-state index contributed by atoms with van der Waals surface area (Å²) in [5.41, 5.74) is 0.559. The number of benzene rings is 1. The van der Waals surface area contributed by atoms with E-state index in [1.165, 1.54) is 25.3 Å². The Labute approximate surface area is 155 Å². The molecule has 0 amide bonds. The van der Waals surface area contributed by atoms with E-state index in [-0.39, 0.29) is 11.4 Å². The lowest BCUT2D eigenvalue weighted by Gasteiger charge is -2.32. The molecule has 1 aliphatic heterocycles. The Morgan fingerprint density at radius 1 is 1.12 bits per heavy atom. The third-order valence-electron chi connectivity index (χ3n) is 5.08. The molecule has 1 aromatic rings. The van der Waals surface area contributed by atoms with Crippen LogP contribution in [0.1, 0.15) is 40.2 Å². The molecule has 1 fully saturated rings. The molecule has 26 heavy (non-hydrogen) atoms. The highest BCUT2D eigenvalue weighted by Crippen LogP contribution is 2.39. The van der Waals surface area contributed by atoms with Crippen molar-refractivity contribution in [3.8, 4) is 11.5 Å². The normalized spacial score (nSPS) is 18.8. The van der Waals surface area contributed by atoms with Crippen molar-refractivity contribution in [2.24, 2.45) is 5.10 Å². The average molecular weight is 366 g/mol. The summed E-state index contributed by atoms with van der Waals surface area (Å²) in [5.74, 6) is 0.116. The van der Waals surface area contributed by atoms with Gasteiger partial charge in [0.15, 0.2) is 11.6 Å². The number of ether oxygens (including phenoxy) is 2. The van der Waals surface area contributed by atoms with E-state index in [1.807, 2.05) is 27.7 Å². The van der Waals surface area contributed by atoms with E-state index < -0.39 is 24.1 Å². The van der Waals surface area contributed by atoms with Crippen LogP contribution in [-0.4, -0.2) is 45.2 Å². The topological polar surface area (TPSA) is 52.5 Å². The van der Waals surface area contributed by atoms with Gasteiger partial charge in [0.1, 0.15) is 11.4 Å². The summed E-state index contributed by atoms with van der Waals surface area (Å²) >= 11 is 0. The molecule has 0 spiro atoms. The van der Waals surface area contributed by atoms with Crippen molar-refractivity contribution >= 4 is 18.4 Å². The highest BCUT2D eigenvalue weighted by molar-refractivity contribution is 6.82. The largest absolute Gasteiger partial charge is 0.511 e. The third-order valence-corrected chi connectivity index (χ3v) is 5.08. The van der Waals surface area contributed by atoms with Crippen LogP contribution in [0.3, 0.4) is 0 Å². The molecule has 6 nitrogen and oxygen atoms in total. The molecular weight excluding hydrogens is 338 g/mol. The first kappa shape index (κ1) is 20.5.